The summed E-state index contributed by atoms with van der Waals surface area (Å²) >= 11 is 1.56. The van der Waals surface area contributed by atoms with Gasteiger partial charge >= 0.3 is 5.97 Å². The van der Waals surface area contributed by atoms with Crippen LogP contribution in [-0.2, 0) is 35.3 Å². The van der Waals surface area contributed by atoms with Crippen LogP contribution in [0, 0.1) is 0 Å². The Morgan fingerprint density at radius 3 is 3.00 bits per heavy atom. The maximum Gasteiger partial charge on any atom is 0.323 e. The molecule has 6 nitrogen and oxygen atoms in total. The Morgan fingerprint density at radius 2 is 2.29 bits per heavy atom. The molecule has 0 amide bonds. The highest BCUT2D eigenvalue weighted by molar-refractivity contribution is 7.18. The minimum atomic E-state index is -1.04. The number of hydrogen-bond acceptors (Lipinski definition) is 5. The largest absolute Gasteiger partial charge is 0.480 e. The number of carboxylic acids is 1. The average Bonchev–Trinajstić information content (AvgIpc) is 2.99. The van der Waals surface area contributed by atoms with Gasteiger partial charge in [-0.3, -0.25) is 14.2 Å². The molecule has 0 aliphatic heterocycles. The van der Waals surface area contributed by atoms with Crippen molar-refractivity contribution in [2.24, 2.45) is 0 Å². The third-order valence-electron chi connectivity index (χ3n) is 3.73. The van der Waals surface area contributed by atoms with Gasteiger partial charge in [-0.2, -0.15) is 0 Å². The lowest BCUT2D eigenvalue weighted by molar-refractivity contribution is -0.137. The predicted molar refractivity (Wildman–Crippen MR) is 79.1 cm³/mol. The van der Waals surface area contributed by atoms with E-state index in [0.29, 0.717) is 24.2 Å². The third-order valence-corrected chi connectivity index (χ3v) is 4.91. The number of methoxy groups -OCH3 is 1. The van der Waals surface area contributed by atoms with Crippen molar-refractivity contribution < 1.29 is 14.6 Å². The number of carbonyl (C=O) groups is 1. The zero-order chi connectivity index (χ0) is 15.0. The van der Waals surface area contributed by atoms with Crippen molar-refractivity contribution in [1.29, 1.82) is 0 Å². The van der Waals surface area contributed by atoms with E-state index in [1.165, 1.54) is 9.44 Å². The first-order chi connectivity index (χ1) is 10.1. The molecule has 0 saturated heterocycles. The van der Waals surface area contributed by atoms with E-state index in [2.05, 4.69) is 4.98 Å². The second-order valence-corrected chi connectivity index (χ2v) is 6.18. The Hall–Kier alpha value is -1.73. The first-order valence-corrected chi connectivity index (χ1v) is 7.68. The fourth-order valence-corrected chi connectivity index (χ4v) is 4.07. The molecule has 1 N–H and O–H groups in total. The summed E-state index contributed by atoms with van der Waals surface area (Å²) < 4.78 is 6.29. The second kappa shape index (κ2) is 5.57. The lowest BCUT2D eigenvalue weighted by Crippen LogP contribution is -2.29. The topological polar surface area (TPSA) is 81.4 Å². The van der Waals surface area contributed by atoms with Gasteiger partial charge in [0.05, 0.1) is 12.0 Å². The van der Waals surface area contributed by atoms with E-state index in [9.17, 15) is 9.59 Å². The van der Waals surface area contributed by atoms with Crippen LogP contribution in [0.2, 0.25) is 0 Å². The summed E-state index contributed by atoms with van der Waals surface area (Å²) in [6, 6.07) is 0. The first kappa shape index (κ1) is 14.2. The summed E-state index contributed by atoms with van der Waals surface area (Å²) in [5.74, 6) is -0.555. The van der Waals surface area contributed by atoms with Crippen molar-refractivity contribution in [1.82, 2.24) is 9.55 Å². The van der Waals surface area contributed by atoms with E-state index >= 15 is 0 Å². The molecule has 3 rings (SSSR count). The molecular weight excluding hydrogens is 292 g/mol. The zero-order valence-corrected chi connectivity index (χ0v) is 12.5. The van der Waals surface area contributed by atoms with E-state index in [1.54, 1.807) is 18.4 Å². The van der Waals surface area contributed by atoms with Crippen LogP contribution in [-0.4, -0.2) is 34.3 Å². The molecule has 0 aromatic carbocycles. The fraction of sp³-hybridized carbons (Fsp3) is 0.500. The van der Waals surface area contributed by atoms with Gasteiger partial charge in [0.1, 0.15) is 17.2 Å². The monoisotopic (exact) mass is 308 g/mol. The number of thiophene rings is 1. The van der Waals surface area contributed by atoms with Crippen LogP contribution in [0.15, 0.2) is 4.79 Å². The van der Waals surface area contributed by atoms with E-state index in [4.69, 9.17) is 9.84 Å². The summed E-state index contributed by atoms with van der Waals surface area (Å²) in [5.41, 5.74) is 0.845. The third kappa shape index (κ3) is 2.47. The number of ether oxygens (including phenoxy) is 1. The summed E-state index contributed by atoms with van der Waals surface area (Å²) in [6.07, 6.45) is 3.36. The van der Waals surface area contributed by atoms with Crippen LogP contribution in [0.3, 0.4) is 0 Å². The van der Waals surface area contributed by atoms with Crippen molar-refractivity contribution in [2.75, 3.05) is 13.7 Å². The lowest BCUT2D eigenvalue weighted by atomic mass is 10.2. The number of hydrogen-bond donors (Lipinski definition) is 1. The molecule has 2 aromatic heterocycles. The summed E-state index contributed by atoms with van der Waals surface area (Å²) in [7, 11) is 1.57. The molecule has 0 atom stereocenters. The highest BCUT2D eigenvalue weighted by Gasteiger charge is 2.23. The Balaban J connectivity index is 2.20. The first-order valence-electron chi connectivity index (χ1n) is 6.86. The van der Waals surface area contributed by atoms with Gasteiger partial charge in [0.25, 0.3) is 5.56 Å². The average molecular weight is 308 g/mol. The summed E-state index contributed by atoms with van der Waals surface area (Å²) in [6.45, 7) is 0.0497. The predicted octanol–water partition coefficient (Wildman–Crippen LogP) is 1.22. The molecule has 0 unspecified atom stereocenters. The van der Waals surface area contributed by atoms with Gasteiger partial charge in [-0.15, -0.1) is 11.3 Å². The van der Waals surface area contributed by atoms with Crippen LogP contribution in [0.4, 0.5) is 0 Å². The Morgan fingerprint density at radius 1 is 1.48 bits per heavy atom. The van der Waals surface area contributed by atoms with Crippen LogP contribution in [0.1, 0.15) is 22.7 Å². The van der Waals surface area contributed by atoms with Gasteiger partial charge in [0.15, 0.2) is 0 Å². The molecule has 7 heteroatoms. The molecule has 0 saturated carbocycles. The highest BCUT2D eigenvalue weighted by atomic mass is 32.1. The number of fused-ring (bicyclic) bond motifs is 3. The lowest BCUT2D eigenvalue weighted by Gasteiger charge is -2.10. The number of carboxylic acid groups (broad SMARTS) is 1. The van der Waals surface area contributed by atoms with Gasteiger partial charge in [-0.25, -0.2) is 4.98 Å². The number of rotatable bonds is 5. The molecule has 0 fully saturated rings. The smallest absolute Gasteiger partial charge is 0.323 e. The van der Waals surface area contributed by atoms with Gasteiger partial charge in [0.2, 0.25) is 0 Å². The molecule has 1 aliphatic carbocycles. The minimum Gasteiger partial charge on any atom is -0.480 e. The highest BCUT2D eigenvalue weighted by Crippen LogP contribution is 2.34. The molecule has 0 spiro atoms. The molecule has 21 heavy (non-hydrogen) atoms. The number of aliphatic carboxylic acids is 1. The molecule has 1 aliphatic rings. The molecule has 2 aromatic rings. The number of aryl methyl sites for hydroxylation is 2. The van der Waals surface area contributed by atoms with Crippen molar-refractivity contribution in [3.63, 3.8) is 0 Å². The Kier molecular flexibility index (Phi) is 3.77. The summed E-state index contributed by atoms with van der Waals surface area (Å²) in [5, 5.41) is 9.66. The van der Waals surface area contributed by atoms with E-state index in [1.807, 2.05) is 0 Å². The van der Waals surface area contributed by atoms with Crippen LogP contribution >= 0.6 is 11.3 Å². The van der Waals surface area contributed by atoms with Crippen LogP contribution in [0.5, 0.6) is 0 Å². The van der Waals surface area contributed by atoms with Gasteiger partial charge < -0.3 is 9.84 Å². The maximum atomic E-state index is 12.7. The van der Waals surface area contributed by atoms with Crippen molar-refractivity contribution in [3.8, 4) is 0 Å². The van der Waals surface area contributed by atoms with E-state index in [0.717, 1.165) is 29.7 Å². The molecule has 112 valence electrons. The van der Waals surface area contributed by atoms with Crippen LogP contribution < -0.4 is 5.56 Å². The number of aromatic nitrogens is 2. The molecular formula is C14H16N2O4S. The van der Waals surface area contributed by atoms with E-state index in [-0.39, 0.29) is 12.1 Å². The number of nitrogens with zero attached hydrogens (tertiary/aromatic N) is 2. The Bertz CT molecular complexity index is 762. The molecule has 0 radical (unpaired) electrons. The van der Waals surface area contributed by atoms with Gasteiger partial charge in [-0.1, -0.05) is 0 Å². The second-order valence-electron chi connectivity index (χ2n) is 5.09. The zero-order valence-electron chi connectivity index (χ0n) is 11.7. The normalized spacial score (nSPS) is 13.8. The van der Waals surface area contributed by atoms with Crippen molar-refractivity contribution >= 4 is 27.5 Å². The fourth-order valence-electron chi connectivity index (χ4n) is 2.80. The quantitative estimate of drug-likeness (QED) is 0.898. The van der Waals surface area contributed by atoms with Gasteiger partial charge in [0, 0.05) is 18.4 Å². The standard InChI is InChI=1S/C14H16N2O4S/c1-20-6-5-10-15-13-12(8-3-2-4-9(8)21-13)14(19)16(10)7-11(17)18/h2-7H2,1H3,(H,17,18). The molecule has 0 bridgehead atoms. The Labute approximate surface area is 125 Å². The maximum absolute atomic E-state index is 12.7. The molecule has 2 heterocycles. The SMILES string of the molecule is COCCc1nc2sc3c(c2c(=O)n1CC(=O)O)CCC3. The van der Waals surface area contributed by atoms with E-state index < -0.39 is 5.97 Å². The van der Waals surface area contributed by atoms with Crippen molar-refractivity contribution in [3.05, 3.63) is 26.6 Å². The van der Waals surface area contributed by atoms with Crippen LogP contribution in [0.25, 0.3) is 10.2 Å². The van der Waals surface area contributed by atoms with Gasteiger partial charge in [-0.05, 0) is 24.8 Å². The summed E-state index contributed by atoms with van der Waals surface area (Å²) in [4.78, 5) is 30.2. The minimum absolute atomic E-state index is 0.229. The van der Waals surface area contributed by atoms with Crippen molar-refractivity contribution in [2.45, 2.75) is 32.2 Å².